The predicted octanol–water partition coefficient (Wildman–Crippen LogP) is 2.55. The van der Waals surface area contributed by atoms with E-state index in [9.17, 15) is 41.9 Å². The van der Waals surface area contributed by atoms with Gasteiger partial charge in [-0.15, -0.1) is 0 Å². The Morgan fingerprint density at radius 1 is 0.854 bits per heavy atom. The molecule has 14 heteroatoms. The van der Waals surface area contributed by atoms with Crippen LogP contribution in [0.25, 0.3) is 0 Å². The third-order valence-electron chi connectivity index (χ3n) is 6.25. The highest BCUT2D eigenvalue weighted by atomic mass is 19.4. The summed E-state index contributed by atoms with van der Waals surface area (Å²) in [6.07, 6.45) is -4.63. The molecule has 2 rings (SSSR count). The minimum absolute atomic E-state index is 0.0850. The molecule has 3 amide bonds. The minimum atomic E-state index is -5.15. The zero-order valence-electron chi connectivity index (χ0n) is 23.6. The molecule has 1 fully saturated rings. The Kier molecular flexibility index (Phi) is 11.0. The fourth-order valence-corrected chi connectivity index (χ4v) is 4.33. The van der Waals surface area contributed by atoms with Crippen LogP contribution in [0.15, 0.2) is 18.2 Å². The summed E-state index contributed by atoms with van der Waals surface area (Å²) in [7, 11) is 0. The normalized spacial score (nSPS) is 16.7. The van der Waals surface area contributed by atoms with Crippen molar-refractivity contribution in [2.75, 3.05) is 6.54 Å². The van der Waals surface area contributed by atoms with Gasteiger partial charge < -0.3 is 25.0 Å². The van der Waals surface area contributed by atoms with Crippen LogP contribution in [0.4, 0.5) is 13.2 Å². The SMILES string of the molecule is CC(=O)Oc1cc(OC(C)=O)cc(C(=O)N[C@H](C(=O)N2CCC[C@H]2C(=O)NC(C(=O)C(F)(F)F)C(C)C)C(C)C)c1. The number of Topliss-reactive ketones (excluding diaryl/α,β-unsaturated/α-hetero) is 1. The average Bonchev–Trinajstić information content (AvgIpc) is 3.33. The van der Waals surface area contributed by atoms with Crippen molar-refractivity contribution in [2.45, 2.75) is 78.7 Å². The van der Waals surface area contributed by atoms with Gasteiger partial charge in [0.25, 0.3) is 11.7 Å². The monoisotopic (exact) mass is 585 g/mol. The van der Waals surface area contributed by atoms with Gasteiger partial charge in [0, 0.05) is 32.0 Å². The molecule has 1 aromatic carbocycles. The lowest BCUT2D eigenvalue weighted by Gasteiger charge is -2.32. The third kappa shape index (κ3) is 9.02. The molecule has 0 bridgehead atoms. The van der Waals surface area contributed by atoms with Crippen molar-refractivity contribution in [1.82, 2.24) is 15.5 Å². The van der Waals surface area contributed by atoms with E-state index in [4.69, 9.17) is 9.47 Å². The van der Waals surface area contributed by atoms with Gasteiger partial charge in [-0.05, 0) is 36.8 Å². The number of nitrogens with one attached hydrogen (secondary N) is 2. The van der Waals surface area contributed by atoms with Crippen LogP contribution in [0.1, 0.15) is 64.7 Å². The Hall–Kier alpha value is -3.97. The quantitative estimate of drug-likeness (QED) is 0.315. The molecule has 41 heavy (non-hydrogen) atoms. The van der Waals surface area contributed by atoms with E-state index in [0.717, 1.165) is 13.8 Å². The summed E-state index contributed by atoms with van der Waals surface area (Å²) in [5.41, 5.74) is -0.0976. The smallest absolute Gasteiger partial charge is 0.427 e. The number of ketones is 1. The van der Waals surface area contributed by atoms with Gasteiger partial charge in [0.2, 0.25) is 11.8 Å². The standard InChI is InChI=1S/C27H34F3N3O8/c1-13(2)21(23(36)27(28,29)30)31-25(38)20-8-7-9-33(20)26(39)22(14(3)4)32-24(37)17-10-18(40-15(5)34)12-19(11-17)41-16(6)35/h10-14,20-22H,7-9H2,1-6H3,(H,31,38)(H,32,37)/t20-,21?,22-/m0/s1. The Balaban J connectivity index is 2.28. The van der Waals surface area contributed by atoms with E-state index in [1.165, 1.54) is 36.9 Å². The van der Waals surface area contributed by atoms with Crippen molar-refractivity contribution in [2.24, 2.45) is 11.8 Å². The van der Waals surface area contributed by atoms with Crippen LogP contribution in [-0.4, -0.2) is 71.2 Å². The summed E-state index contributed by atoms with van der Waals surface area (Å²) < 4.78 is 49.2. The first-order valence-corrected chi connectivity index (χ1v) is 13.0. The number of alkyl halides is 3. The van der Waals surface area contributed by atoms with Crippen molar-refractivity contribution < 1.29 is 51.4 Å². The zero-order valence-corrected chi connectivity index (χ0v) is 23.6. The van der Waals surface area contributed by atoms with Crippen LogP contribution in [0, 0.1) is 11.8 Å². The van der Waals surface area contributed by atoms with Crippen LogP contribution in [0.3, 0.4) is 0 Å². The van der Waals surface area contributed by atoms with Gasteiger partial charge in [0.05, 0.1) is 6.04 Å². The van der Waals surface area contributed by atoms with Gasteiger partial charge in [-0.2, -0.15) is 13.2 Å². The molecule has 1 unspecified atom stereocenters. The molecule has 1 aromatic rings. The van der Waals surface area contributed by atoms with Crippen molar-refractivity contribution >= 4 is 35.4 Å². The fraction of sp³-hybridized carbons (Fsp3) is 0.556. The van der Waals surface area contributed by atoms with E-state index in [1.807, 2.05) is 0 Å². The van der Waals surface area contributed by atoms with Gasteiger partial charge in [0.15, 0.2) is 0 Å². The molecule has 0 saturated carbocycles. The van der Waals surface area contributed by atoms with Gasteiger partial charge in [0.1, 0.15) is 23.6 Å². The lowest BCUT2D eigenvalue weighted by atomic mass is 9.98. The molecular weight excluding hydrogens is 551 g/mol. The molecule has 1 saturated heterocycles. The van der Waals surface area contributed by atoms with Crippen molar-refractivity contribution in [3.8, 4) is 11.5 Å². The summed E-state index contributed by atoms with van der Waals surface area (Å²) in [5, 5.41) is 4.74. The van der Waals surface area contributed by atoms with E-state index in [-0.39, 0.29) is 30.0 Å². The molecule has 0 radical (unpaired) electrons. The van der Waals surface area contributed by atoms with Gasteiger partial charge >= 0.3 is 18.1 Å². The Morgan fingerprint density at radius 3 is 1.80 bits per heavy atom. The number of likely N-dealkylation sites (tertiary alicyclic amines) is 1. The summed E-state index contributed by atoms with van der Waals surface area (Å²) in [4.78, 5) is 75.6. The second kappa shape index (κ2) is 13.6. The lowest BCUT2D eigenvalue weighted by Crippen LogP contribution is -2.58. The van der Waals surface area contributed by atoms with Crippen LogP contribution in [0.5, 0.6) is 11.5 Å². The number of nitrogens with zero attached hydrogens (tertiary/aromatic N) is 1. The first-order valence-electron chi connectivity index (χ1n) is 13.0. The molecule has 11 nitrogen and oxygen atoms in total. The number of carbonyl (C=O) groups is 6. The molecule has 3 atom stereocenters. The largest absolute Gasteiger partial charge is 0.452 e. The van der Waals surface area contributed by atoms with Gasteiger partial charge in [-0.1, -0.05) is 27.7 Å². The highest BCUT2D eigenvalue weighted by Crippen LogP contribution is 2.26. The number of halogens is 3. The molecule has 0 aromatic heterocycles. The van der Waals surface area contributed by atoms with Crippen molar-refractivity contribution in [1.29, 1.82) is 0 Å². The Bertz CT molecular complexity index is 1160. The van der Waals surface area contributed by atoms with Gasteiger partial charge in [-0.3, -0.25) is 28.8 Å². The summed E-state index contributed by atoms with van der Waals surface area (Å²) >= 11 is 0. The fourth-order valence-electron chi connectivity index (χ4n) is 4.33. The molecule has 1 heterocycles. The zero-order chi connectivity index (χ0) is 31.2. The molecule has 226 valence electrons. The number of hydrogen-bond acceptors (Lipinski definition) is 8. The number of amides is 3. The lowest BCUT2D eigenvalue weighted by molar-refractivity contribution is -0.175. The van der Waals surface area contributed by atoms with E-state index in [2.05, 4.69) is 10.6 Å². The van der Waals surface area contributed by atoms with E-state index in [0.29, 0.717) is 6.42 Å². The topological polar surface area (TPSA) is 148 Å². The first kappa shape index (κ1) is 33.2. The highest BCUT2D eigenvalue weighted by molar-refractivity contribution is 6.00. The number of hydrogen-bond donors (Lipinski definition) is 2. The van der Waals surface area contributed by atoms with Crippen LogP contribution in [0.2, 0.25) is 0 Å². The van der Waals surface area contributed by atoms with Crippen LogP contribution >= 0.6 is 0 Å². The average molecular weight is 586 g/mol. The Labute approximate surface area is 235 Å². The maximum absolute atomic E-state index is 13.6. The molecule has 0 aliphatic carbocycles. The van der Waals surface area contributed by atoms with E-state index < -0.39 is 71.6 Å². The van der Waals surface area contributed by atoms with Crippen molar-refractivity contribution in [3.63, 3.8) is 0 Å². The van der Waals surface area contributed by atoms with Crippen molar-refractivity contribution in [3.05, 3.63) is 23.8 Å². The first-order chi connectivity index (χ1) is 18.9. The number of ether oxygens (including phenoxy) is 2. The molecule has 0 spiro atoms. The molecular formula is C27H34F3N3O8. The molecule has 2 N–H and O–H groups in total. The number of esters is 2. The second-order valence-corrected chi connectivity index (χ2v) is 10.4. The predicted molar refractivity (Wildman–Crippen MR) is 138 cm³/mol. The maximum atomic E-state index is 13.6. The summed E-state index contributed by atoms with van der Waals surface area (Å²) in [6, 6.07) is -0.486. The van der Waals surface area contributed by atoms with Gasteiger partial charge in [-0.25, -0.2) is 0 Å². The minimum Gasteiger partial charge on any atom is -0.427 e. The third-order valence-corrected chi connectivity index (χ3v) is 6.25. The number of benzene rings is 1. The van der Waals surface area contributed by atoms with Crippen LogP contribution in [-0.2, 0) is 24.0 Å². The number of rotatable bonds is 10. The van der Waals surface area contributed by atoms with E-state index in [1.54, 1.807) is 13.8 Å². The summed E-state index contributed by atoms with van der Waals surface area (Å²) in [5.74, 6) is -7.33. The molecule has 1 aliphatic heterocycles. The number of carbonyl (C=O) groups excluding carboxylic acids is 6. The molecule has 1 aliphatic rings. The highest BCUT2D eigenvalue weighted by Gasteiger charge is 2.46. The van der Waals surface area contributed by atoms with E-state index >= 15 is 0 Å². The maximum Gasteiger partial charge on any atom is 0.452 e. The Morgan fingerprint density at radius 2 is 1.37 bits per heavy atom. The van der Waals surface area contributed by atoms with Crippen LogP contribution < -0.4 is 20.1 Å². The second-order valence-electron chi connectivity index (χ2n) is 10.4. The summed E-state index contributed by atoms with van der Waals surface area (Å²) in [6.45, 7) is 8.38.